The second kappa shape index (κ2) is 7.01. The number of hydrogen-bond acceptors (Lipinski definition) is 6. The smallest absolute Gasteiger partial charge is 0.339 e. The van der Waals surface area contributed by atoms with Crippen LogP contribution in [0.5, 0.6) is 0 Å². The summed E-state index contributed by atoms with van der Waals surface area (Å²) >= 11 is 0. The molecule has 0 aliphatic heterocycles. The molecule has 4 rings (SSSR count). The molecule has 4 aromatic heterocycles. The summed E-state index contributed by atoms with van der Waals surface area (Å²) in [6.45, 7) is 3.72. The maximum absolute atomic E-state index is 12.4. The number of aromatic amines is 1. The molecule has 28 heavy (non-hydrogen) atoms. The van der Waals surface area contributed by atoms with Gasteiger partial charge in [-0.1, -0.05) is 13.8 Å². The second-order valence-electron chi connectivity index (χ2n) is 7.50. The van der Waals surface area contributed by atoms with Gasteiger partial charge in [-0.2, -0.15) is 0 Å². The Hall–Kier alpha value is -3.32. The van der Waals surface area contributed by atoms with Gasteiger partial charge in [0.25, 0.3) is 0 Å². The molecule has 7 nitrogen and oxygen atoms in total. The van der Waals surface area contributed by atoms with E-state index in [2.05, 4.69) is 19.9 Å². The molecule has 0 fully saturated rings. The number of esters is 1. The molecule has 0 radical (unpaired) electrons. The molecule has 0 amide bonds. The van der Waals surface area contributed by atoms with Crippen LogP contribution in [-0.2, 0) is 4.74 Å². The summed E-state index contributed by atoms with van der Waals surface area (Å²) in [5.74, 6) is -0.466. The number of nitrogens with zero attached hydrogens (tertiary/aromatic N) is 3. The molecule has 4 aromatic rings. The lowest BCUT2D eigenvalue weighted by molar-refractivity contribution is 0.0218. The topological polar surface area (TPSA) is 101 Å². The number of H-pyrrole nitrogens is 1. The summed E-state index contributed by atoms with van der Waals surface area (Å²) in [5, 5.41) is 11.0. The number of fused-ring (bicyclic) bond motifs is 3. The largest absolute Gasteiger partial charge is 0.461 e. The molecular formula is C21H20N4O3. The lowest BCUT2D eigenvalue weighted by Crippen LogP contribution is -2.25. The lowest BCUT2D eigenvalue weighted by atomic mass is 9.96. The molecule has 2 N–H and O–H groups in total. The molecule has 0 spiro atoms. The van der Waals surface area contributed by atoms with E-state index in [1.165, 1.54) is 6.20 Å². The summed E-state index contributed by atoms with van der Waals surface area (Å²) in [6.07, 6.45) is 6.71. The third kappa shape index (κ3) is 3.44. The number of ether oxygens (including phenoxy) is 1. The van der Waals surface area contributed by atoms with Gasteiger partial charge in [0.1, 0.15) is 5.65 Å². The molecule has 7 heteroatoms. The molecule has 0 saturated heterocycles. The van der Waals surface area contributed by atoms with E-state index in [1.54, 1.807) is 24.7 Å². The fourth-order valence-electron chi connectivity index (χ4n) is 2.85. The Morgan fingerprint density at radius 3 is 2.79 bits per heavy atom. The normalized spacial score (nSPS) is 11.8. The molecule has 0 aromatic carbocycles. The quantitative estimate of drug-likeness (QED) is 0.518. The van der Waals surface area contributed by atoms with E-state index in [-0.39, 0.29) is 13.2 Å². The number of hydrogen-bond donors (Lipinski definition) is 2. The molecule has 0 bridgehead atoms. The summed E-state index contributed by atoms with van der Waals surface area (Å²) in [4.78, 5) is 28.6. The average Bonchev–Trinajstić information content (AvgIpc) is 3.10. The standard InChI is InChI=1S/C21H20N4O3/c1-21(2,11-26)12-28-20(27)14-6-16-15-7-17(13-4-3-5-22-8-13)23-10-18(15)25-19(16)24-9-14/h3-10,26H,11-12H2,1-2H3,(H,24,25). The highest BCUT2D eigenvalue weighted by Gasteiger charge is 2.20. The molecular weight excluding hydrogens is 356 g/mol. The van der Waals surface area contributed by atoms with Crippen LogP contribution in [0, 0.1) is 5.41 Å². The van der Waals surface area contributed by atoms with Crippen LogP contribution in [0.25, 0.3) is 33.2 Å². The van der Waals surface area contributed by atoms with Gasteiger partial charge in [0.2, 0.25) is 0 Å². The summed E-state index contributed by atoms with van der Waals surface area (Å²) in [6, 6.07) is 7.53. The third-order valence-corrected chi connectivity index (χ3v) is 4.55. The Labute approximate surface area is 161 Å². The summed E-state index contributed by atoms with van der Waals surface area (Å²) < 4.78 is 5.34. The lowest BCUT2D eigenvalue weighted by Gasteiger charge is -2.20. The monoisotopic (exact) mass is 376 g/mol. The SMILES string of the molecule is CC(C)(CO)COC(=O)c1cnc2[nH]c3cnc(-c4cccnc4)cc3c2c1. The molecule has 142 valence electrons. The zero-order valence-corrected chi connectivity index (χ0v) is 15.6. The Morgan fingerprint density at radius 1 is 1.18 bits per heavy atom. The van der Waals surface area contributed by atoms with Gasteiger partial charge >= 0.3 is 5.97 Å². The van der Waals surface area contributed by atoms with Gasteiger partial charge in [-0.05, 0) is 24.3 Å². The number of aliphatic hydroxyl groups is 1. The van der Waals surface area contributed by atoms with Gasteiger partial charge in [-0.25, -0.2) is 9.78 Å². The van der Waals surface area contributed by atoms with Crippen LogP contribution in [0.15, 0.2) is 49.1 Å². The molecule has 0 unspecified atom stereocenters. The van der Waals surface area contributed by atoms with Crippen molar-refractivity contribution in [1.82, 2.24) is 19.9 Å². The van der Waals surface area contributed by atoms with E-state index >= 15 is 0 Å². The molecule has 0 aliphatic carbocycles. The zero-order valence-electron chi connectivity index (χ0n) is 15.6. The van der Waals surface area contributed by atoms with Crippen molar-refractivity contribution in [2.75, 3.05) is 13.2 Å². The number of carbonyl (C=O) groups is 1. The highest BCUT2D eigenvalue weighted by Crippen LogP contribution is 2.28. The van der Waals surface area contributed by atoms with E-state index in [9.17, 15) is 9.90 Å². The number of pyridine rings is 3. The number of aliphatic hydroxyl groups excluding tert-OH is 1. The minimum absolute atomic E-state index is 0.0653. The third-order valence-electron chi connectivity index (χ3n) is 4.55. The van der Waals surface area contributed by atoms with Gasteiger partial charge in [0.15, 0.2) is 0 Å². The van der Waals surface area contributed by atoms with E-state index in [0.29, 0.717) is 11.2 Å². The minimum Gasteiger partial charge on any atom is -0.461 e. The van der Waals surface area contributed by atoms with Gasteiger partial charge in [0.05, 0.1) is 36.2 Å². The second-order valence-corrected chi connectivity index (χ2v) is 7.50. The van der Waals surface area contributed by atoms with E-state index in [4.69, 9.17) is 4.74 Å². The van der Waals surface area contributed by atoms with E-state index < -0.39 is 11.4 Å². The van der Waals surface area contributed by atoms with Gasteiger partial charge in [-0.15, -0.1) is 0 Å². The van der Waals surface area contributed by atoms with Crippen molar-refractivity contribution in [3.05, 3.63) is 54.6 Å². The minimum atomic E-state index is -0.488. The van der Waals surface area contributed by atoms with Crippen molar-refractivity contribution >= 4 is 27.9 Å². The van der Waals surface area contributed by atoms with Crippen LogP contribution in [0.3, 0.4) is 0 Å². The van der Waals surface area contributed by atoms with Crippen LogP contribution in [0.4, 0.5) is 0 Å². The van der Waals surface area contributed by atoms with Crippen molar-refractivity contribution in [1.29, 1.82) is 0 Å². The van der Waals surface area contributed by atoms with Gasteiger partial charge in [-0.3, -0.25) is 9.97 Å². The number of aromatic nitrogens is 4. The highest BCUT2D eigenvalue weighted by molar-refractivity contribution is 6.08. The number of nitrogens with one attached hydrogen (secondary N) is 1. The number of rotatable bonds is 5. The maximum atomic E-state index is 12.4. The van der Waals surface area contributed by atoms with Crippen LogP contribution in [0.1, 0.15) is 24.2 Å². The van der Waals surface area contributed by atoms with Gasteiger partial charge in [0, 0.05) is 40.3 Å². The van der Waals surface area contributed by atoms with Crippen LogP contribution in [0.2, 0.25) is 0 Å². The van der Waals surface area contributed by atoms with Crippen molar-refractivity contribution in [2.24, 2.45) is 5.41 Å². The Bertz CT molecular complexity index is 1150. The zero-order chi connectivity index (χ0) is 19.7. The van der Waals surface area contributed by atoms with Crippen LogP contribution in [-0.4, -0.2) is 44.2 Å². The fourth-order valence-corrected chi connectivity index (χ4v) is 2.85. The first-order valence-electron chi connectivity index (χ1n) is 8.93. The predicted octanol–water partition coefficient (Wildman–Crippen LogP) is 3.35. The average molecular weight is 376 g/mol. The van der Waals surface area contributed by atoms with E-state index in [1.807, 2.05) is 32.0 Å². The van der Waals surface area contributed by atoms with Crippen molar-refractivity contribution in [3.8, 4) is 11.3 Å². The van der Waals surface area contributed by atoms with Crippen molar-refractivity contribution < 1.29 is 14.6 Å². The summed E-state index contributed by atoms with van der Waals surface area (Å²) in [7, 11) is 0. The molecule has 0 saturated carbocycles. The van der Waals surface area contributed by atoms with Crippen molar-refractivity contribution in [2.45, 2.75) is 13.8 Å². The van der Waals surface area contributed by atoms with Crippen LogP contribution >= 0.6 is 0 Å². The highest BCUT2D eigenvalue weighted by atomic mass is 16.5. The Balaban J connectivity index is 1.71. The molecule has 4 heterocycles. The Morgan fingerprint density at radius 2 is 2.04 bits per heavy atom. The predicted molar refractivity (Wildman–Crippen MR) is 106 cm³/mol. The first kappa shape index (κ1) is 18.1. The summed E-state index contributed by atoms with van der Waals surface area (Å²) in [5.41, 5.74) is 3.09. The first-order valence-corrected chi connectivity index (χ1v) is 8.93. The van der Waals surface area contributed by atoms with Crippen molar-refractivity contribution in [3.63, 3.8) is 0 Å². The van der Waals surface area contributed by atoms with Gasteiger partial charge < -0.3 is 14.8 Å². The first-order chi connectivity index (χ1) is 13.5. The van der Waals surface area contributed by atoms with Crippen LogP contribution < -0.4 is 0 Å². The number of carbonyl (C=O) groups excluding carboxylic acids is 1. The molecule has 0 aliphatic rings. The molecule has 0 atom stereocenters. The fraction of sp³-hybridized carbons (Fsp3) is 0.238. The van der Waals surface area contributed by atoms with E-state index in [0.717, 1.165) is 27.5 Å². The maximum Gasteiger partial charge on any atom is 0.339 e. The Kier molecular flexibility index (Phi) is 4.52.